The van der Waals surface area contributed by atoms with Crippen LogP contribution in [0.5, 0.6) is 11.5 Å². The second-order valence-corrected chi connectivity index (χ2v) is 8.33. The van der Waals surface area contributed by atoms with E-state index < -0.39 is 0 Å². The average Bonchev–Trinajstić information content (AvgIpc) is 3.14. The third-order valence-electron chi connectivity index (χ3n) is 4.86. The highest BCUT2D eigenvalue weighted by molar-refractivity contribution is 14.1. The van der Waals surface area contributed by atoms with Crippen molar-refractivity contribution in [3.8, 4) is 11.5 Å². The fraction of sp³-hybridized carbons (Fsp3) is 0.115. The second-order valence-electron chi connectivity index (χ2n) is 7.17. The molecule has 0 saturated carbocycles. The van der Waals surface area contributed by atoms with E-state index >= 15 is 0 Å². The molecule has 0 bridgehead atoms. The molecule has 156 valence electrons. The van der Waals surface area contributed by atoms with Crippen LogP contribution < -0.4 is 9.47 Å². The molecule has 0 spiro atoms. The minimum Gasteiger partial charge on any atom is -0.493 e. The van der Waals surface area contributed by atoms with Crippen LogP contribution in [-0.4, -0.2) is 13.1 Å². The van der Waals surface area contributed by atoms with Crippen molar-refractivity contribution in [1.29, 1.82) is 0 Å². The molecule has 4 nitrogen and oxygen atoms in total. The summed E-state index contributed by atoms with van der Waals surface area (Å²) in [6, 6.07) is 21.7. The Bertz CT molecular complexity index is 1160. The molecule has 4 rings (SSSR count). The minimum atomic E-state index is -0.367. The number of carbonyl (C=O) groups excluding carboxylic acids is 1. The number of esters is 1. The van der Waals surface area contributed by atoms with E-state index in [0.29, 0.717) is 29.4 Å². The summed E-state index contributed by atoms with van der Waals surface area (Å²) in [5, 5.41) is 0. The van der Waals surface area contributed by atoms with Crippen molar-refractivity contribution >= 4 is 40.4 Å². The van der Waals surface area contributed by atoms with Crippen molar-refractivity contribution < 1.29 is 19.0 Å². The molecule has 0 aliphatic carbocycles. The summed E-state index contributed by atoms with van der Waals surface area (Å²) < 4.78 is 17.9. The lowest BCUT2D eigenvalue weighted by Gasteiger charge is -2.14. The zero-order valence-electron chi connectivity index (χ0n) is 17.2. The van der Waals surface area contributed by atoms with Crippen LogP contribution in [0.25, 0.3) is 11.8 Å². The van der Waals surface area contributed by atoms with Gasteiger partial charge in [-0.1, -0.05) is 60.2 Å². The maximum atomic E-state index is 12.4. The van der Waals surface area contributed by atoms with E-state index in [0.717, 1.165) is 25.8 Å². The lowest BCUT2D eigenvalue weighted by Crippen LogP contribution is -2.00. The van der Waals surface area contributed by atoms with Crippen LogP contribution >= 0.6 is 22.6 Å². The molecule has 0 atom stereocenters. The third kappa shape index (κ3) is 4.99. The fourth-order valence-electron chi connectivity index (χ4n) is 3.22. The second kappa shape index (κ2) is 9.39. The molecule has 0 fully saturated rings. The molecule has 1 heterocycles. The monoisotopic (exact) mass is 524 g/mol. The van der Waals surface area contributed by atoms with Crippen LogP contribution in [-0.2, 0) is 16.1 Å². The van der Waals surface area contributed by atoms with Gasteiger partial charge < -0.3 is 14.2 Å². The molecule has 1 aliphatic rings. The summed E-state index contributed by atoms with van der Waals surface area (Å²) in [6.07, 6.45) is 3.57. The molecule has 3 aromatic rings. The van der Waals surface area contributed by atoms with E-state index in [1.54, 1.807) is 19.3 Å². The van der Waals surface area contributed by atoms with Crippen molar-refractivity contribution in [3.63, 3.8) is 0 Å². The first kappa shape index (κ1) is 21.2. The van der Waals surface area contributed by atoms with Gasteiger partial charge in [-0.3, -0.25) is 0 Å². The van der Waals surface area contributed by atoms with Crippen molar-refractivity contribution in [2.75, 3.05) is 7.11 Å². The highest BCUT2D eigenvalue weighted by Gasteiger charge is 2.22. The zero-order valence-corrected chi connectivity index (χ0v) is 19.4. The van der Waals surface area contributed by atoms with Crippen LogP contribution in [0.4, 0.5) is 0 Å². The molecule has 3 aromatic carbocycles. The maximum absolute atomic E-state index is 12.4. The number of carbonyl (C=O) groups is 1. The number of hydrogen-bond acceptors (Lipinski definition) is 4. The van der Waals surface area contributed by atoms with E-state index in [-0.39, 0.29) is 5.97 Å². The van der Waals surface area contributed by atoms with Crippen LogP contribution in [0.2, 0.25) is 0 Å². The number of rotatable bonds is 6. The SMILES string of the molecule is COc1cc(/C=C2/C=C(c3ccc(C)cc3)OC2=O)cc(I)c1OCc1ccccc1. The van der Waals surface area contributed by atoms with Gasteiger partial charge >= 0.3 is 5.97 Å². The first-order valence-electron chi connectivity index (χ1n) is 9.80. The van der Waals surface area contributed by atoms with Crippen LogP contribution in [0.3, 0.4) is 0 Å². The highest BCUT2D eigenvalue weighted by atomic mass is 127. The van der Waals surface area contributed by atoms with E-state index in [9.17, 15) is 4.79 Å². The highest BCUT2D eigenvalue weighted by Crippen LogP contribution is 2.36. The Balaban J connectivity index is 1.59. The summed E-state index contributed by atoms with van der Waals surface area (Å²) in [5.41, 5.74) is 4.43. The molecule has 0 N–H and O–H groups in total. The number of methoxy groups -OCH3 is 1. The van der Waals surface area contributed by atoms with Crippen LogP contribution in [0, 0.1) is 10.5 Å². The average molecular weight is 524 g/mol. The Morgan fingerprint density at radius 3 is 2.48 bits per heavy atom. The number of aryl methyl sites for hydroxylation is 1. The first-order valence-corrected chi connectivity index (χ1v) is 10.9. The number of halogens is 1. The lowest BCUT2D eigenvalue weighted by molar-refractivity contribution is -0.130. The molecular weight excluding hydrogens is 503 g/mol. The van der Waals surface area contributed by atoms with Gasteiger partial charge in [0.15, 0.2) is 11.5 Å². The molecule has 0 saturated heterocycles. The molecular formula is C26H21IO4. The number of ether oxygens (including phenoxy) is 3. The van der Waals surface area contributed by atoms with E-state index in [1.807, 2.05) is 73.7 Å². The van der Waals surface area contributed by atoms with E-state index in [1.165, 1.54) is 0 Å². The van der Waals surface area contributed by atoms with Crippen LogP contribution in [0.1, 0.15) is 22.3 Å². The third-order valence-corrected chi connectivity index (χ3v) is 5.66. The number of benzene rings is 3. The Labute approximate surface area is 195 Å². The summed E-state index contributed by atoms with van der Waals surface area (Å²) in [7, 11) is 1.61. The van der Waals surface area contributed by atoms with Gasteiger partial charge in [0.25, 0.3) is 0 Å². The zero-order chi connectivity index (χ0) is 21.8. The lowest BCUT2D eigenvalue weighted by atomic mass is 10.1. The molecule has 0 radical (unpaired) electrons. The van der Waals surface area contributed by atoms with Gasteiger partial charge in [-0.15, -0.1) is 0 Å². The summed E-state index contributed by atoms with van der Waals surface area (Å²) in [5.74, 6) is 1.48. The molecule has 0 aromatic heterocycles. The normalized spacial score (nSPS) is 14.4. The molecule has 5 heteroatoms. The molecule has 0 amide bonds. The van der Waals surface area contributed by atoms with Gasteiger partial charge in [-0.05, 0) is 64.9 Å². The largest absolute Gasteiger partial charge is 0.493 e. The minimum absolute atomic E-state index is 0.367. The Morgan fingerprint density at radius 1 is 1.03 bits per heavy atom. The topological polar surface area (TPSA) is 44.8 Å². The Kier molecular flexibility index (Phi) is 6.42. The van der Waals surface area contributed by atoms with Crippen molar-refractivity contribution in [2.45, 2.75) is 13.5 Å². The maximum Gasteiger partial charge on any atom is 0.343 e. The molecule has 1 aliphatic heterocycles. The number of hydrogen-bond donors (Lipinski definition) is 0. The van der Waals surface area contributed by atoms with Gasteiger partial charge in [0, 0.05) is 5.56 Å². The van der Waals surface area contributed by atoms with E-state index in [4.69, 9.17) is 14.2 Å². The Hall–Kier alpha value is -3.06. The Morgan fingerprint density at radius 2 is 1.77 bits per heavy atom. The van der Waals surface area contributed by atoms with Gasteiger partial charge in [0.2, 0.25) is 0 Å². The predicted molar refractivity (Wildman–Crippen MR) is 130 cm³/mol. The predicted octanol–water partition coefficient (Wildman–Crippen LogP) is 6.17. The van der Waals surface area contributed by atoms with Gasteiger partial charge in [0.05, 0.1) is 16.3 Å². The standard InChI is InChI=1S/C26H21IO4/c1-17-8-10-20(11-9-17)23-15-21(26(28)31-23)12-19-13-22(27)25(24(14-19)29-2)30-16-18-6-4-3-5-7-18/h3-15H,16H2,1-2H3/b21-12-. The van der Waals surface area contributed by atoms with Crippen LogP contribution in [0.15, 0.2) is 78.4 Å². The van der Waals surface area contributed by atoms with E-state index in [2.05, 4.69) is 22.6 Å². The van der Waals surface area contributed by atoms with Crippen molar-refractivity contribution in [3.05, 3.63) is 104 Å². The van der Waals surface area contributed by atoms with Crippen molar-refractivity contribution in [1.82, 2.24) is 0 Å². The summed E-state index contributed by atoms with van der Waals surface area (Å²) in [6.45, 7) is 2.47. The number of cyclic esters (lactones) is 1. The molecule has 0 unspecified atom stereocenters. The summed E-state index contributed by atoms with van der Waals surface area (Å²) in [4.78, 5) is 12.4. The quantitative estimate of drug-likeness (QED) is 0.220. The van der Waals surface area contributed by atoms with Gasteiger partial charge in [-0.25, -0.2) is 4.79 Å². The fourth-order valence-corrected chi connectivity index (χ4v) is 4.00. The smallest absolute Gasteiger partial charge is 0.343 e. The summed E-state index contributed by atoms with van der Waals surface area (Å²) >= 11 is 2.22. The van der Waals surface area contributed by atoms with Gasteiger partial charge in [0.1, 0.15) is 12.4 Å². The molecule has 31 heavy (non-hydrogen) atoms. The van der Waals surface area contributed by atoms with Crippen molar-refractivity contribution in [2.24, 2.45) is 0 Å². The first-order chi connectivity index (χ1) is 15.0. The van der Waals surface area contributed by atoms with Gasteiger partial charge in [-0.2, -0.15) is 0 Å².